The van der Waals surface area contributed by atoms with E-state index in [-0.39, 0.29) is 11.6 Å². The van der Waals surface area contributed by atoms with Crippen LogP contribution in [0, 0.1) is 15.9 Å². The first-order valence-corrected chi connectivity index (χ1v) is 5.28. The standard InChI is InChI=1S/C11H13FN2O3/c1-2-3-4-11(15)13-8-5-6-9(12)10(7-8)14(16)17/h5-7H,2-4H2,1H3,(H,13,15). The Morgan fingerprint density at radius 2 is 2.24 bits per heavy atom. The predicted octanol–water partition coefficient (Wildman–Crippen LogP) is 2.86. The highest BCUT2D eigenvalue weighted by Gasteiger charge is 2.14. The van der Waals surface area contributed by atoms with E-state index in [9.17, 15) is 19.3 Å². The van der Waals surface area contributed by atoms with E-state index in [4.69, 9.17) is 0 Å². The minimum absolute atomic E-state index is 0.229. The van der Waals surface area contributed by atoms with Gasteiger partial charge in [0, 0.05) is 18.2 Å². The lowest BCUT2D eigenvalue weighted by Crippen LogP contribution is -2.11. The third-order valence-electron chi connectivity index (χ3n) is 2.18. The molecule has 0 unspecified atom stereocenters. The zero-order valence-electron chi connectivity index (χ0n) is 9.40. The van der Waals surface area contributed by atoms with Gasteiger partial charge in [0.25, 0.3) is 0 Å². The van der Waals surface area contributed by atoms with Gasteiger partial charge in [-0.3, -0.25) is 14.9 Å². The Morgan fingerprint density at radius 1 is 1.53 bits per heavy atom. The second-order valence-electron chi connectivity index (χ2n) is 3.58. The van der Waals surface area contributed by atoms with Crippen LogP contribution in [0.25, 0.3) is 0 Å². The van der Waals surface area contributed by atoms with Crippen LogP contribution in [0.5, 0.6) is 0 Å². The van der Waals surface area contributed by atoms with Crippen molar-refractivity contribution in [1.82, 2.24) is 0 Å². The van der Waals surface area contributed by atoms with E-state index in [1.807, 2.05) is 6.92 Å². The van der Waals surface area contributed by atoms with Crippen LogP contribution in [0.2, 0.25) is 0 Å². The largest absolute Gasteiger partial charge is 0.326 e. The normalized spacial score (nSPS) is 10.0. The Hall–Kier alpha value is -1.98. The molecule has 0 saturated heterocycles. The van der Waals surface area contributed by atoms with Crippen LogP contribution in [0.1, 0.15) is 26.2 Å². The summed E-state index contributed by atoms with van der Waals surface area (Å²) >= 11 is 0. The summed E-state index contributed by atoms with van der Waals surface area (Å²) in [5, 5.41) is 13.0. The van der Waals surface area contributed by atoms with Crippen molar-refractivity contribution in [2.45, 2.75) is 26.2 Å². The summed E-state index contributed by atoms with van der Waals surface area (Å²) < 4.78 is 13.0. The molecule has 17 heavy (non-hydrogen) atoms. The molecule has 0 spiro atoms. The Bertz CT molecular complexity index is 435. The molecule has 6 heteroatoms. The molecule has 1 rings (SSSR count). The van der Waals surface area contributed by atoms with E-state index < -0.39 is 16.4 Å². The average Bonchev–Trinajstić information content (AvgIpc) is 2.28. The van der Waals surface area contributed by atoms with Gasteiger partial charge in [-0.15, -0.1) is 0 Å². The number of nitrogens with one attached hydrogen (secondary N) is 1. The van der Waals surface area contributed by atoms with Crippen molar-refractivity contribution in [1.29, 1.82) is 0 Å². The smallest absolute Gasteiger partial charge is 0.306 e. The second kappa shape index (κ2) is 5.93. The van der Waals surface area contributed by atoms with Gasteiger partial charge < -0.3 is 5.32 Å². The molecule has 1 N–H and O–H groups in total. The van der Waals surface area contributed by atoms with E-state index in [1.165, 1.54) is 6.07 Å². The molecule has 0 aliphatic heterocycles. The van der Waals surface area contributed by atoms with Crippen molar-refractivity contribution in [3.05, 3.63) is 34.1 Å². The molecule has 0 saturated carbocycles. The van der Waals surface area contributed by atoms with E-state index in [0.29, 0.717) is 6.42 Å². The third kappa shape index (κ3) is 3.82. The van der Waals surface area contributed by atoms with E-state index in [0.717, 1.165) is 25.0 Å². The fraction of sp³-hybridized carbons (Fsp3) is 0.364. The monoisotopic (exact) mass is 240 g/mol. The molecular weight excluding hydrogens is 227 g/mol. The lowest BCUT2D eigenvalue weighted by atomic mass is 10.2. The maximum atomic E-state index is 13.0. The van der Waals surface area contributed by atoms with Crippen LogP contribution < -0.4 is 5.32 Å². The van der Waals surface area contributed by atoms with Gasteiger partial charge in [0.1, 0.15) is 0 Å². The van der Waals surface area contributed by atoms with Crippen LogP contribution in [0.15, 0.2) is 18.2 Å². The first kappa shape index (κ1) is 13.1. The van der Waals surface area contributed by atoms with Gasteiger partial charge >= 0.3 is 5.69 Å². The summed E-state index contributed by atoms with van der Waals surface area (Å²) in [5.41, 5.74) is -0.405. The van der Waals surface area contributed by atoms with E-state index in [1.54, 1.807) is 0 Å². The zero-order valence-corrected chi connectivity index (χ0v) is 9.40. The molecule has 92 valence electrons. The molecule has 0 bridgehead atoms. The van der Waals surface area contributed by atoms with E-state index >= 15 is 0 Å². The number of rotatable bonds is 5. The van der Waals surface area contributed by atoms with Gasteiger partial charge in [-0.25, -0.2) is 0 Å². The molecule has 0 aromatic heterocycles. The van der Waals surface area contributed by atoms with E-state index in [2.05, 4.69) is 5.32 Å². The number of hydrogen-bond donors (Lipinski definition) is 1. The van der Waals surface area contributed by atoms with Crippen LogP contribution in [0.3, 0.4) is 0 Å². The molecule has 0 aliphatic carbocycles. The summed E-state index contributed by atoms with van der Waals surface area (Å²) in [5.74, 6) is -1.14. The minimum Gasteiger partial charge on any atom is -0.326 e. The van der Waals surface area contributed by atoms with Crippen molar-refractivity contribution < 1.29 is 14.1 Å². The maximum absolute atomic E-state index is 13.0. The van der Waals surface area contributed by atoms with Crippen LogP contribution in [-0.4, -0.2) is 10.8 Å². The van der Waals surface area contributed by atoms with Gasteiger partial charge in [0.2, 0.25) is 11.7 Å². The van der Waals surface area contributed by atoms with Crippen molar-refractivity contribution in [2.24, 2.45) is 0 Å². The highest BCUT2D eigenvalue weighted by atomic mass is 19.1. The quantitative estimate of drug-likeness (QED) is 0.635. The molecule has 0 radical (unpaired) electrons. The molecule has 1 aromatic carbocycles. The number of unbranched alkanes of at least 4 members (excludes halogenated alkanes) is 1. The number of anilines is 1. The number of nitro benzene ring substituents is 1. The number of halogens is 1. The number of carbonyl (C=O) groups excluding carboxylic acids is 1. The number of nitro groups is 1. The van der Waals surface area contributed by atoms with Crippen molar-refractivity contribution in [3.63, 3.8) is 0 Å². The summed E-state index contributed by atoms with van der Waals surface area (Å²) in [6.45, 7) is 1.95. The molecule has 0 atom stereocenters. The molecular formula is C11H13FN2O3. The van der Waals surface area contributed by atoms with Gasteiger partial charge in [-0.2, -0.15) is 4.39 Å². The SMILES string of the molecule is CCCCC(=O)Nc1ccc(F)c([N+](=O)[O-])c1. The number of nitrogens with zero attached hydrogens (tertiary/aromatic N) is 1. The fourth-order valence-corrected chi connectivity index (χ4v) is 1.29. The number of benzene rings is 1. The van der Waals surface area contributed by atoms with Gasteiger partial charge in [0.05, 0.1) is 4.92 Å². The topological polar surface area (TPSA) is 72.2 Å². The summed E-state index contributed by atoms with van der Waals surface area (Å²) in [4.78, 5) is 21.0. The first-order valence-electron chi connectivity index (χ1n) is 5.28. The second-order valence-corrected chi connectivity index (χ2v) is 3.58. The average molecular weight is 240 g/mol. The first-order chi connectivity index (χ1) is 8.04. The molecule has 0 aliphatic rings. The Balaban J connectivity index is 2.75. The summed E-state index contributed by atoms with van der Waals surface area (Å²) in [7, 11) is 0. The Kier molecular flexibility index (Phi) is 4.56. The number of amides is 1. The Labute approximate surface area is 97.8 Å². The molecule has 0 heterocycles. The Morgan fingerprint density at radius 3 is 2.82 bits per heavy atom. The van der Waals surface area contributed by atoms with Crippen molar-refractivity contribution >= 4 is 17.3 Å². The molecule has 1 aromatic rings. The van der Waals surface area contributed by atoms with Crippen LogP contribution >= 0.6 is 0 Å². The molecule has 5 nitrogen and oxygen atoms in total. The highest BCUT2D eigenvalue weighted by molar-refractivity contribution is 5.90. The van der Waals surface area contributed by atoms with Crippen LogP contribution in [-0.2, 0) is 4.79 Å². The summed E-state index contributed by atoms with van der Waals surface area (Å²) in [6.07, 6.45) is 1.98. The lowest BCUT2D eigenvalue weighted by molar-refractivity contribution is -0.387. The lowest BCUT2D eigenvalue weighted by Gasteiger charge is -2.04. The number of carbonyl (C=O) groups is 1. The fourth-order valence-electron chi connectivity index (χ4n) is 1.29. The number of hydrogen-bond acceptors (Lipinski definition) is 3. The van der Waals surface area contributed by atoms with Gasteiger partial charge in [-0.1, -0.05) is 13.3 Å². The van der Waals surface area contributed by atoms with Crippen molar-refractivity contribution in [2.75, 3.05) is 5.32 Å². The molecule has 1 amide bonds. The van der Waals surface area contributed by atoms with Crippen molar-refractivity contribution in [3.8, 4) is 0 Å². The predicted molar refractivity (Wildman–Crippen MR) is 61.2 cm³/mol. The third-order valence-corrected chi connectivity index (χ3v) is 2.18. The highest BCUT2D eigenvalue weighted by Crippen LogP contribution is 2.21. The summed E-state index contributed by atoms with van der Waals surface area (Å²) in [6, 6.07) is 3.28. The molecule has 0 fully saturated rings. The maximum Gasteiger partial charge on any atom is 0.306 e. The van der Waals surface area contributed by atoms with Gasteiger partial charge in [-0.05, 0) is 18.6 Å². The van der Waals surface area contributed by atoms with Gasteiger partial charge in [0.15, 0.2) is 0 Å². The minimum atomic E-state index is -0.915. The van der Waals surface area contributed by atoms with Crippen LogP contribution in [0.4, 0.5) is 15.8 Å². The zero-order chi connectivity index (χ0) is 12.8.